The van der Waals surface area contributed by atoms with Gasteiger partial charge in [-0.1, -0.05) is 26.2 Å². The molecule has 0 spiro atoms. The zero-order chi connectivity index (χ0) is 8.27. The zero-order valence-corrected chi connectivity index (χ0v) is 7.01. The maximum atomic E-state index is 10.3. The molecule has 1 fully saturated rings. The number of carboxylic acids is 1. The lowest BCUT2D eigenvalue weighted by Crippen LogP contribution is -2.27. The van der Waals surface area contributed by atoms with Crippen molar-refractivity contribution in [3.63, 3.8) is 0 Å². The summed E-state index contributed by atoms with van der Waals surface area (Å²) in [5, 5.41) is 10.3. The number of carbonyl (C=O) groups is 1. The lowest BCUT2D eigenvalue weighted by Gasteiger charge is -2.26. The van der Waals surface area contributed by atoms with Gasteiger partial charge in [0.2, 0.25) is 0 Å². The van der Waals surface area contributed by atoms with Gasteiger partial charge in [0, 0.05) is 5.97 Å². The van der Waals surface area contributed by atoms with Crippen LogP contribution in [0.1, 0.15) is 39.0 Å². The van der Waals surface area contributed by atoms with Crippen molar-refractivity contribution in [1.82, 2.24) is 0 Å². The topological polar surface area (TPSA) is 40.1 Å². The van der Waals surface area contributed by atoms with Crippen molar-refractivity contribution in [3.8, 4) is 0 Å². The summed E-state index contributed by atoms with van der Waals surface area (Å²) < 4.78 is 0. The van der Waals surface area contributed by atoms with Crippen LogP contribution in [0.4, 0.5) is 0 Å². The molecular formula is C9H15O2-. The van der Waals surface area contributed by atoms with E-state index in [0.29, 0.717) is 11.8 Å². The molecule has 11 heavy (non-hydrogen) atoms. The Kier molecular flexibility index (Phi) is 2.92. The second kappa shape index (κ2) is 3.74. The molecule has 1 aliphatic carbocycles. The summed E-state index contributed by atoms with van der Waals surface area (Å²) in [5.41, 5.74) is 0. The number of hydrogen-bond donors (Lipinski definition) is 0. The van der Waals surface area contributed by atoms with E-state index < -0.39 is 5.97 Å². The largest absolute Gasteiger partial charge is 0.550 e. The predicted octanol–water partition coefficient (Wildman–Crippen LogP) is 0.953. The molecule has 2 nitrogen and oxygen atoms in total. The molecule has 0 amide bonds. The third kappa shape index (κ3) is 2.91. The molecule has 0 N–H and O–H groups in total. The van der Waals surface area contributed by atoms with Crippen molar-refractivity contribution in [3.05, 3.63) is 0 Å². The average molecular weight is 155 g/mol. The molecule has 0 heterocycles. The third-order valence-corrected chi connectivity index (χ3v) is 2.50. The van der Waals surface area contributed by atoms with Crippen LogP contribution in [0.3, 0.4) is 0 Å². The van der Waals surface area contributed by atoms with E-state index in [9.17, 15) is 9.90 Å². The summed E-state index contributed by atoms with van der Waals surface area (Å²) in [6.45, 7) is 2.20. The molecule has 1 aliphatic rings. The highest BCUT2D eigenvalue weighted by atomic mass is 16.4. The molecule has 0 bridgehead atoms. The standard InChI is InChI=1S/C9H16O2/c1-7-3-2-4-8(5-7)6-9(10)11/h7-8H,2-6H2,1H3,(H,10,11)/p-1. The lowest BCUT2D eigenvalue weighted by molar-refractivity contribution is -0.307. The highest BCUT2D eigenvalue weighted by Crippen LogP contribution is 2.30. The quantitative estimate of drug-likeness (QED) is 0.595. The molecule has 0 aromatic carbocycles. The van der Waals surface area contributed by atoms with Crippen LogP contribution >= 0.6 is 0 Å². The highest BCUT2D eigenvalue weighted by Gasteiger charge is 2.18. The molecule has 0 aromatic heterocycles. The van der Waals surface area contributed by atoms with Gasteiger partial charge in [-0.2, -0.15) is 0 Å². The Morgan fingerprint density at radius 2 is 2.27 bits per heavy atom. The van der Waals surface area contributed by atoms with Gasteiger partial charge in [0.1, 0.15) is 0 Å². The Morgan fingerprint density at radius 3 is 2.82 bits per heavy atom. The molecule has 0 aliphatic heterocycles. The van der Waals surface area contributed by atoms with Crippen LogP contribution in [0, 0.1) is 11.8 Å². The Bertz CT molecular complexity index is 142. The molecule has 2 heteroatoms. The first-order valence-corrected chi connectivity index (χ1v) is 4.38. The fraction of sp³-hybridized carbons (Fsp3) is 0.889. The number of aliphatic carboxylic acids is 1. The van der Waals surface area contributed by atoms with Gasteiger partial charge in [-0.15, -0.1) is 0 Å². The van der Waals surface area contributed by atoms with Gasteiger partial charge in [0.15, 0.2) is 0 Å². The van der Waals surface area contributed by atoms with E-state index in [-0.39, 0.29) is 6.42 Å². The second-order valence-electron chi connectivity index (χ2n) is 3.71. The van der Waals surface area contributed by atoms with Crippen LogP contribution in [0.5, 0.6) is 0 Å². The fourth-order valence-corrected chi connectivity index (χ4v) is 1.98. The van der Waals surface area contributed by atoms with E-state index in [4.69, 9.17) is 0 Å². The summed E-state index contributed by atoms with van der Waals surface area (Å²) in [6.07, 6.45) is 4.89. The minimum Gasteiger partial charge on any atom is -0.550 e. The molecule has 0 saturated heterocycles. The van der Waals surface area contributed by atoms with Crippen LogP contribution in [-0.4, -0.2) is 5.97 Å². The van der Waals surface area contributed by atoms with Crippen LogP contribution in [-0.2, 0) is 4.79 Å². The molecule has 2 atom stereocenters. The van der Waals surface area contributed by atoms with Gasteiger partial charge in [0.25, 0.3) is 0 Å². The fourth-order valence-electron chi connectivity index (χ4n) is 1.98. The number of hydrogen-bond acceptors (Lipinski definition) is 2. The van der Waals surface area contributed by atoms with Gasteiger partial charge in [-0.25, -0.2) is 0 Å². The average Bonchev–Trinajstić information content (AvgIpc) is 1.85. The first-order chi connectivity index (χ1) is 5.18. The normalized spacial score (nSPS) is 31.7. The van der Waals surface area contributed by atoms with Crippen molar-refractivity contribution >= 4 is 5.97 Å². The molecule has 0 radical (unpaired) electrons. The lowest BCUT2D eigenvalue weighted by atomic mass is 9.81. The summed E-state index contributed by atoms with van der Waals surface area (Å²) in [6, 6.07) is 0. The first kappa shape index (κ1) is 8.57. The molecule has 1 rings (SSSR count). The summed E-state index contributed by atoms with van der Waals surface area (Å²) in [4.78, 5) is 10.3. The van der Waals surface area contributed by atoms with E-state index in [1.54, 1.807) is 0 Å². The number of carboxylic acid groups (broad SMARTS) is 1. The van der Waals surface area contributed by atoms with E-state index >= 15 is 0 Å². The second-order valence-corrected chi connectivity index (χ2v) is 3.71. The number of rotatable bonds is 2. The summed E-state index contributed by atoms with van der Waals surface area (Å²) in [7, 11) is 0. The summed E-state index contributed by atoms with van der Waals surface area (Å²) >= 11 is 0. The Hall–Kier alpha value is -0.530. The zero-order valence-electron chi connectivity index (χ0n) is 7.01. The van der Waals surface area contributed by atoms with E-state index in [2.05, 4.69) is 6.92 Å². The third-order valence-electron chi connectivity index (χ3n) is 2.50. The highest BCUT2D eigenvalue weighted by molar-refractivity contribution is 5.64. The van der Waals surface area contributed by atoms with Crippen LogP contribution < -0.4 is 5.11 Å². The van der Waals surface area contributed by atoms with Crippen LogP contribution in [0.25, 0.3) is 0 Å². The Balaban J connectivity index is 2.28. The van der Waals surface area contributed by atoms with Crippen molar-refractivity contribution in [1.29, 1.82) is 0 Å². The SMILES string of the molecule is CC1CCCC(CC(=O)[O-])C1. The van der Waals surface area contributed by atoms with Gasteiger partial charge in [-0.3, -0.25) is 0 Å². The molecule has 1 saturated carbocycles. The minimum atomic E-state index is -0.885. The van der Waals surface area contributed by atoms with E-state index in [0.717, 1.165) is 12.8 Å². The molecular weight excluding hydrogens is 140 g/mol. The maximum absolute atomic E-state index is 10.3. The summed E-state index contributed by atoms with van der Waals surface area (Å²) in [5.74, 6) is 0.223. The first-order valence-electron chi connectivity index (χ1n) is 4.38. The smallest absolute Gasteiger partial charge is 0.0417 e. The van der Waals surface area contributed by atoms with Gasteiger partial charge in [0.05, 0.1) is 0 Å². The molecule has 64 valence electrons. The van der Waals surface area contributed by atoms with Crippen LogP contribution in [0.2, 0.25) is 0 Å². The van der Waals surface area contributed by atoms with E-state index in [1.807, 2.05) is 0 Å². The van der Waals surface area contributed by atoms with Gasteiger partial charge in [-0.05, 0) is 24.7 Å². The van der Waals surface area contributed by atoms with Crippen LogP contribution in [0.15, 0.2) is 0 Å². The van der Waals surface area contributed by atoms with Crippen molar-refractivity contribution in [2.75, 3.05) is 0 Å². The van der Waals surface area contributed by atoms with Crippen molar-refractivity contribution < 1.29 is 9.90 Å². The number of carbonyl (C=O) groups excluding carboxylic acids is 1. The van der Waals surface area contributed by atoms with Gasteiger partial charge < -0.3 is 9.90 Å². The monoisotopic (exact) mass is 155 g/mol. The van der Waals surface area contributed by atoms with Gasteiger partial charge >= 0.3 is 0 Å². The molecule has 0 aromatic rings. The Morgan fingerprint density at radius 1 is 1.55 bits per heavy atom. The molecule has 2 unspecified atom stereocenters. The van der Waals surface area contributed by atoms with Crippen molar-refractivity contribution in [2.24, 2.45) is 11.8 Å². The predicted molar refractivity (Wildman–Crippen MR) is 40.7 cm³/mol. The van der Waals surface area contributed by atoms with E-state index in [1.165, 1.54) is 12.8 Å². The Labute approximate surface area is 67.6 Å². The van der Waals surface area contributed by atoms with Crippen molar-refractivity contribution in [2.45, 2.75) is 39.0 Å². The maximum Gasteiger partial charge on any atom is 0.0417 e. The minimum absolute atomic E-state index is 0.268.